The molecule has 1 aromatic rings. The molecule has 124 valence electrons. The lowest BCUT2D eigenvalue weighted by Gasteiger charge is -2.24. The minimum absolute atomic E-state index is 0.119. The van der Waals surface area contributed by atoms with Gasteiger partial charge in [0.1, 0.15) is 5.75 Å². The number of hydrogen-bond acceptors (Lipinski definition) is 3. The highest BCUT2D eigenvalue weighted by Crippen LogP contribution is 2.20. The second kappa shape index (κ2) is 8.63. The Morgan fingerprint density at radius 3 is 2.68 bits per heavy atom. The van der Waals surface area contributed by atoms with Crippen molar-refractivity contribution >= 4 is 6.03 Å². The van der Waals surface area contributed by atoms with Crippen LogP contribution in [-0.2, 0) is 6.54 Å². The fourth-order valence-corrected chi connectivity index (χ4v) is 2.05. The SMILES string of the molecule is CCOc1cc(C)ccc1CNC(=O)NCC(C)(C)CCO. The molecule has 0 aliphatic carbocycles. The van der Waals surface area contributed by atoms with Gasteiger partial charge >= 0.3 is 6.03 Å². The maximum Gasteiger partial charge on any atom is 0.315 e. The number of hydrogen-bond donors (Lipinski definition) is 3. The van der Waals surface area contributed by atoms with Crippen LogP contribution in [0.2, 0.25) is 0 Å². The molecule has 0 aliphatic rings. The molecule has 0 radical (unpaired) electrons. The molecule has 0 atom stereocenters. The van der Waals surface area contributed by atoms with Crippen LogP contribution in [0.4, 0.5) is 4.79 Å². The average Bonchev–Trinajstić information content (AvgIpc) is 2.45. The van der Waals surface area contributed by atoms with Crippen LogP contribution >= 0.6 is 0 Å². The normalized spacial score (nSPS) is 11.1. The summed E-state index contributed by atoms with van der Waals surface area (Å²) in [6, 6.07) is 5.73. The van der Waals surface area contributed by atoms with E-state index in [9.17, 15) is 4.79 Å². The molecule has 0 fully saturated rings. The van der Waals surface area contributed by atoms with Gasteiger partial charge in [0.2, 0.25) is 0 Å². The molecular formula is C17H28N2O3. The second-order valence-electron chi connectivity index (χ2n) is 6.22. The Balaban J connectivity index is 2.50. The zero-order valence-electron chi connectivity index (χ0n) is 14.0. The first kappa shape index (κ1) is 18.3. The van der Waals surface area contributed by atoms with Crippen molar-refractivity contribution in [2.24, 2.45) is 5.41 Å². The number of amides is 2. The number of urea groups is 1. The molecule has 0 heterocycles. The Labute approximate surface area is 133 Å². The summed E-state index contributed by atoms with van der Waals surface area (Å²) < 4.78 is 5.60. The van der Waals surface area contributed by atoms with Gasteiger partial charge in [-0.1, -0.05) is 26.0 Å². The van der Waals surface area contributed by atoms with Crippen molar-refractivity contribution in [2.75, 3.05) is 19.8 Å². The lowest BCUT2D eigenvalue weighted by molar-refractivity contribution is 0.201. The van der Waals surface area contributed by atoms with Crippen LogP contribution in [0.5, 0.6) is 5.75 Å². The van der Waals surface area contributed by atoms with Crippen molar-refractivity contribution in [3.63, 3.8) is 0 Å². The minimum Gasteiger partial charge on any atom is -0.494 e. The summed E-state index contributed by atoms with van der Waals surface area (Å²) in [5.41, 5.74) is 1.96. The van der Waals surface area contributed by atoms with Gasteiger partial charge in [-0.25, -0.2) is 4.79 Å². The number of aryl methyl sites for hydroxylation is 1. The van der Waals surface area contributed by atoms with Gasteiger partial charge in [0.25, 0.3) is 0 Å². The summed E-state index contributed by atoms with van der Waals surface area (Å²) in [4.78, 5) is 11.9. The molecule has 3 N–H and O–H groups in total. The van der Waals surface area contributed by atoms with Crippen LogP contribution in [0.25, 0.3) is 0 Å². The quantitative estimate of drug-likeness (QED) is 0.691. The van der Waals surface area contributed by atoms with E-state index < -0.39 is 0 Å². The fraction of sp³-hybridized carbons (Fsp3) is 0.588. The van der Waals surface area contributed by atoms with Crippen molar-refractivity contribution in [1.82, 2.24) is 10.6 Å². The first-order valence-electron chi connectivity index (χ1n) is 7.73. The van der Waals surface area contributed by atoms with E-state index in [0.29, 0.717) is 26.1 Å². The summed E-state index contributed by atoms with van der Waals surface area (Å²) in [6.07, 6.45) is 0.653. The predicted molar refractivity (Wildman–Crippen MR) is 88.1 cm³/mol. The predicted octanol–water partition coefficient (Wildman–Crippen LogP) is 2.60. The number of nitrogens with one attached hydrogen (secondary N) is 2. The number of carbonyl (C=O) groups excluding carboxylic acids is 1. The van der Waals surface area contributed by atoms with Gasteiger partial charge in [0.15, 0.2) is 0 Å². The monoisotopic (exact) mass is 308 g/mol. The third-order valence-electron chi connectivity index (χ3n) is 3.48. The summed E-state index contributed by atoms with van der Waals surface area (Å²) in [6.45, 7) is 9.63. The van der Waals surface area contributed by atoms with E-state index in [1.54, 1.807) is 0 Å². The highest BCUT2D eigenvalue weighted by atomic mass is 16.5. The molecule has 0 aromatic heterocycles. The number of ether oxygens (including phenoxy) is 1. The van der Waals surface area contributed by atoms with Gasteiger partial charge in [-0.3, -0.25) is 0 Å². The van der Waals surface area contributed by atoms with E-state index in [1.165, 1.54) is 0 Å². The second-order valence-corrected chi connectivity index (χ2v) is 6.22. The molecule has 5 nitrogen and oxygen atoms in total. The highest BCUT2D eigenvalue weighted by molar-refractivity contribution is 5.73. The van der Waals surface area contributed by atoms with Gasteiger partial charge < -0.3 is 20.5 Å². The molecule has 1 aromatic carbocycles. The highest BCUT2D eigenvalue weighted by Gasteiger charge is 2.18. The molecule has 0 spiro atoms. The van der Waals surface area contributed by atoms with Gasteiger partial charge in [0.05, 0.1) is 6.61 Å². The maximum atomic E-state index is 11.9. The zero-order valence-corrected chi connectivity index (χ0v) is 14.0. The number of rotatable bonds is 8. The number of aliphatic hydroxyl groups is 1. The fourth-order valence-electron chi connectivity index (χ4n) is 2.05. The van der Waals surface area contributed by atoms with Crippen molar-refractivity contribution in [3.05, 3.63) is 29.3 Å². The molecule has 0 bridgehead atoms. The van der Waals surface area contributed by atoms with Crippen LogP contribution in [0.1, 0.15) is 38.3 Å². The van der Waals surface area contributed by atoms with E-state index in [1.807, 2.05) is 45.9 Å². The molecule has 5 heteroatoms. The zero-order chi connectivity index (χ0) is 16.6. The smallest absolute Gasteiger partial charge is 0.315 e. The van der Waals surface area contributed by atoms with Crippen molar-refractivity contribution < 1.29 is 14.6 Å². The molecule has 0 saturated heterocycles. The summed E-state index contributed by atoms with van der Waals surface area (Å²) >= 11 is 0. The molecular weight excluding hydrogens is 280 g/mol. The number of aliphatic hydroxyl groups excluding tert-OH is 1. The molecule has 0 aliphatic heterocycles. The Kier molecular flexibility index (Phi) is 7.18. The van der Waals surface area contributed by atoms with Crippen LogP contribution in [-0.4, -0.2) is 30.9 Å². The van der Waals surface area contributed by atoms with E-state index in [-0.39, 0.29) is 18.1 Å². The Morgan fingerprint density at radius 2 is 2.05 bits per heavy atom. The lowest BCUT2D eigenvalue weighted by Crippen LogP contribution is -2.40. The Morgan fingerprint density at radius 1 is 1.32 bits per heavy atom. The third-order valence-corrected chi connectivity index (χ3v) is 3.48. The van der Waals surface area contributed by atoms with E-state index in [2.05, 4.69) is 10.6 Å². The third kappa shape index (κ3) is 6.35. The Hall–Kier alpha value is -1.75. The maximum absolute atomic E-state index is 11.9. The number of carbonyl (C=O) groups is 1. The van der Waals surface area contributed by atoms with Gasteiger partial charge in [0, 0.05) is 25.3 Å². The molecule has 2 amide bonds. The molecule has 1 rings (SSSR count). The van der Waals surface area contributed by atoms with E-state index in [4.69, 9.17) is 9.84 Å². The Bertz CT molecular complexity index is 487. The lowest BCUT2D eigenvalue weighted by atomic mass is 9.90. The summed E-state index contributed by atoms with van der Waals surface area (Å²) in [5, 5.41) is 14.7. The molecule has 0 unspecified atom stereocenters. The first-order valence-corrected chi connectivity index (χ1v) is 7.73. The molecule has 22 heavy (non-hydrogen) atoms. The van der Waals surface area contributed by atoms with Gasteiger partial charge in [-0.2, -0.15) is 0 Å². The van der Waals surface area contributed by atoms with Crippen LogP contribution < -0.4 is 15.4 Å². The van der Waals surface area contributed by atoms with Crippen LogP contribution in [0.15, 0.2) is 18.2 Å². The first-order chi connectivity index (χ1) is 10.4. The van der Waals surface area contributed by atoms with E-state index >= 15 is 0 Å². The number of benzene rings is 1. The summed E-state index contributed by atoms with van der Waals surface area (Å²) in [5.74, 6) is 0.809. The van der Waals surface area contributed by atoms with Crippen molar-refractivity contribution in [1.29, 1.82) is 0 Å². The minimum atomic E-state index is -0.214. The van der Waals surface area contributed by atoms with Crippen LogP contribution in [0.3, 0.4) is 0 Å². The average molecular weight is 308 g/mol. The van der Waals surface area contributed by atoms with Gasteiger partial charge in [-0.05, 0) is 37.3 Å². The largest absolute Gasteiger partial charge is 0.494 e. The molecule has 0 saturated carbocycles. The van der Waals surface area contributed by atoms with Gasteiger partial charge in [-0.15, -0.1) is 0 Å². The van der Waals surface area contributed by atoms with Crippen LogP contribution in [0, 0.1) is 12.3 Å². The van der Waals surface area contributed by atoms with Crippen molar-refractivity contribution in [3.8, 4) is 5.75 Å². The standard InChI is InChI=1S/C17H28N2O3/c1-5-22-15-10-13(2)6-7-14(15)11-18-16(21)19-12-17(3,4)8-9-20/h6-7,10,20H,5,8-9,11-12H2,1-4H3,(H2,18,19,21). The summed E-state index contributed by atoms with van der Waals surface area (Å²) in [7, 11) is 0. The van der Waals surface area contributed by atoms with Crippen molar-refractivity contribution in [2.45, 2.75) is 40.7 Å². The topological polar surface area (TPSA) is 70.6 Å². The van der Waals surface area contributed by atoms with E-state index in [0.717, 1.165) is 16.9 Å².